The molecule has 1 heterocycles. The van der Waals surface area contributed by atoms with E-state index < -0.39 is 0 Å². The van der Waals surface area contributed by atoms with Crippen molar-refractivity contribution in [3.8, 4) is 0 Å². The third-order valence-electron chi connectivity index (χ3n) is 4.08. The highest BCUT2D eigenvalue weighted by Crippen LogP contribution is 2.19. The van der Waals surface area contributed by atoms with Crippen molar-refractivity contribution in [2.75, 3.05) is 26.2 Å². The van der Waals surface area contributed by atoms with Crippen LogP contribution in [-0.4, -0.2) is 37.0 Å². The lowest BCUT2D eigenvalue weighted by Crippen LogP contribution is -2.42. The van der Waals surface area contributed by atoms with Gasteiger partial charge in [-0.1, -0.05) is 27.7 Å². The Kier molecular flexibility index (Phi) is 6.69. The number of likely N-dealkylation sites (tertiary alicyclic amines) is 1. The third-order valence-corrected chi connectivity index (χ3v) is 4.08. The van der Waals surface area contributed by atoms with E-state index in [-0.39, 0.29) is 5.91 Å². The standard InChI is InChI=1S/C15H30N2O/c1-12(2)14(13(3)4)10-16-11-15(18)17-8-6-5-7-9-17/h12-14,16H,5-11H2,1-4H3. The molecule has 1 fully saturated rings. The number of piperidine rings is 1. The zero-order valence-corrected chi connectivity index (χ0v) is 12.5. The van der Waals surface area contributed by atoms with Gasteiger partial charge in [-0.25, -0.2) is 0 Å². The highest BCUT2D eigenvalue weighted by atomic mass is 16.2. The van der Waals surface area contributed by atoms with Gasteiger partial charge in [0.1, 0.15) is 0 Å². The van der Waals surface area contributed by atoms with Crippen LogP contribution in [0.2, 0.25) is 0 Å². The zero-order chi connectivity index (χ0) is 13.5. The zero-order valence-electron chi connectivity index (χ0n) is 12.5. The second-order valence-corrected chi connectivity index (χ2v) is 6.22. The van der Waals surface area contributed by atoms with Gasteiger partial charge in [-0.2, -0.15) is 0 Å². The molecule has 0 aromatic rings. The average molecular weight is 254 g/mol. The lowest BCUT2D eigenvalue weighted by Gasteiger charge is -2.28. The molecule has 18 heavy (non-hydrogen) atoms. The minimum atomic E-state index is 0.279. The van der Waals surface area contributed by atoms with Gasteiger partial charge in [0, 0.05) is 13.1 Å². The maximum atomic E-state index is 12.0. The normalized spacial score (nSPS) is 16.9. The van der Waals surface area contributed by atoms with Crippen LogP contribution in [0.25, 0.3) is 0 Å². The van der Waals surface area contributed by atoms with Crippen molar-refractivity contribution >= 4 is 5.91 Å². The number of carbonyl (C=O) groups is 1. The van der Waals surface area contributed by atoms with Crippen LogP contribution in [0.1, 0.15) is 47.0 Å². The highest BCUT2D eigenvalue weighted by molar-refractivity contribution is 5.78. The van der Waals surface area contributed by atoms with Crippen LogP contribution in [0.3, 0.4) is 0 Å². The monoisotopic (exact) mass is 254 g/mol. The molecule has 0 unspecified atom stereocenters. The van der Waals surface area contributed by atoms with E-state index in [1.54, 1.807) is 0 Å². The molecule has 1 N–H and O–H groups in total. The predicted molar refractivity (Wildman–Crippen MR) is 76.5 cm³/mol. The first-order chi connectivity index (χ1) is 8.52. The fourth-order valence-electron chi connectivity index (χ4n) is 2.84. The molecule has 0 saturated carbocycles. The van der Waals surface area contributed by atoms with E-state index in [1.165, 1.54) is 19.3 Å². The molecule has 3 nitrogen and oxygen atoms in total. The summed E-state index contributed by atoms with van der Waals surface area (Å²) in [5, 5.41) is 3.35. The number of amides is 1. The first-order valence-electron chi connectivity index (χ1n) is 7.51. The lowest BCUT2D eigenvalue weighted by molar-refractivity contribution is -0.131. The molecule has 0 radical (unpaired) electrons. The molecular formula is C15H30N2O. The van der Waals surface area contributed by atoms with Crippen LogP contribution in [0.5, 0.6) is 0 Å². The van der Waals surface area contributed by atoms with Crippen LogP contribution in [0, 0.1) is 17.8 Å². The molecule has 1 aliphatic rings. The van der Waals surface area contributed by atoms with E-state index in [0.29, 0.717) is 24.3 Å². The summed E-state index contributed by atoms with van der Waals surface area (Å²) in [6, 6.07) is 0. The van der Waals surface area contributed by atoms with Crippen LogP contribution in [0.15, 0.2) is 0 Å². The Labute approximate surface area is 112 Å². The number of rotatable bonds is 6. The number of carbonyl (C=O) groups excluding carboxylic acids is 1. The van der Waals surface area contributed by atoms with Crippen molar-refractivity contribution in [1.29, 1.82) is 0 Å². The van der Waals surface area contributed by atoms with Gasteiger partial charge in [-0.05, 0) is 43.6 Å². The first-order valence-corrected chi connectivity index (χ1v) is 7.51. The Balaban J connectivity index is 2.25. The van der Waals surface area contributed by atoms with E-state index in [0.717, 1.165) is 19.6 Å². The molecule has 0 spiro atoms. The Morgan fingerprint density at radius 2 is 1.61 bits per heavy atom. The quantitative estimate of drug-likeness (QED) is 0.790. The lowest BCUT2D eigenvalue weighted by atomic mass is 9.85. The number of nitrogens with one attached hydrogen (secondary N) is 1. The van der Waals surface area contributed by atoms with Crippen LogP contribution in [-0.2, 0) is 4.79 Å². The second kappa shape index (κ2) is 7.78. The Morgan fingerprint density at radius 1 is 1.06 bits per heavy atom. The van der Waals surface area contributed by atoms with Crippen LogP contribution >= 0.6 is 0 Å². The van der Waals surface area contributed by atoms with E-state index in [4.69, 9.17) is 0 Å². The maximum Gasteiger partial charge on any atom is 0.236 e. The number of hydrogen-bond acceptors (Lipinski definition) is 2. The minimum Gasteiger partial charge on any atom is -0.342 e. The molecule has 1 amide bonds. The molecule has 1 saturated heterocycles. The van der Waals surface area contributed by atoms with Gasteiger partial charge < -0.3 is 10.2 Å². The Morgan fingerprint density at radius 3 is 2.11 bits per heavy atom. The van der Waals surface area contributed by atoms with Gasteiger partial charge in [0.25, 0.3) is 0 Å². The molecule has 106 valence electrons. The molecule has 0 aliphatic carbocycles. The summed E-state index contributed by atoms with van der Waals surface area (Å²) in [5.41, 5.74) is 0. The largest absolute Gasteiger partial charge is 0.342 e. The topological polar surface area (TPSA) is 32.3 Å². The SMILES string of the molecule is CC(C)C(CNCC(=O)N1CCCCC1)C(C)C. The Hall–Kier alpha value is -0.570. The summed E-state index contributed by atoms with van der Waals surface area (Å²) in [5.74, 6) is 2.27. The van der Waals surface area contributed by atoms with Gasteiger partial charge in [-0.3, -0.25) is 4.79 Å². The van der Waals surface area contributed by atoms with Gasteiger partial charge >= 0.3 is 0 Å². The van der Waals surface area contributed by atoms with Gasteiger partial charge in [-0.15, -0.1) is 0 Å². The van der Waals surface area contributed by atoms with Crippen molar-refractivity contribution in [2.24, 2.45) is 17.8 Å². The third kappa shape index (κ3) is 4.97. The van der Waals surface area contributed by atoms with E-state index in [9.17, 15) is 4.79 Å². The van der Waals surface area contributed by atoms with Gasteiger partial charge in [0.15, 0.2) is 0 Å². The van der Waals surface area contributed by atoms with Crippen molar-refractivity contribution < 1.29 is 4.79 Å². The minimum absolute atomic E-state index is 0.279. The fraction of sp³-hybridized carbons (Fsp3) is 0.933. The Bertz CT molecular complexity index is 237. The average Bonchev–Trinajstić information content (AvgIpc) is 2.34. The predicted octanol–water partition coefficient (Wildman–Crippen LogP) is 2.52. The van der Waals surface area contributed by atoms with Crippen LogP contribution < -0.4 is 5.32 Å². The van der Waals surface area contributed by atoms with E-state index >= 15 is 0 Å². The summed E-state index contributed by atoms with van der Waals surface area (Å²) >= 11 is 0. The number of nitrogens with zero attached hydrogens (tertiary/aromatic N) is 1. The molecule has 1 rings (SSSR count). The number of hydrogen-bond donors (Lipinski definition) is 1. The van der Waals surface area contributed by atoms with Crippen molar-refractivity contribution in [1.82, 2.24) is 10.2 Å². The summed E-state index contributed by atoms with van der Waals surface area (Å²) in [6.07, 6.45) is 3.62. The molecular weight excluding hydrogens is 224 g/mol. The van der Waals surface area contributed by atoms with Gasteiger partial charge in [0.05, 0.1) is 6.54 Å². The molecule has 0 bridgehead atoms. The first kappa shape index (κ1) is 15.5. The summed E-state index contributed by atoms with van der Waals surface area (Å²) in [4.78, 5) is 14.0. The highest BCUT2D eigenvalue weighted by Gasteiger charge is 2.19. The van der Waals surface area contributed by atoms with Gasteiger partial charge in [0.2, 0.25) is 5.91 Å². The van der Waals surface area contributed by atoms with Crippen LogP contribution in [0.4, 0.5) is 0 Å². The molecule has 3 heteroatoms. The van der Waals surface area contributed by atoms with E-state index in [2.05, 4.69) is 33.0 Å². The summed E-state index contributed by atoms with van der Waals surface area (Å²) in [6.45, 7) is 12.4. The van der Waals surface area contributed by atoms with E-state index in [1.807, 2.05) is 4.90 Å². The molecule has 0 aromatic carbocycles. The summed E-state index contributed by atoms with van der Waals surface area (Å²) < 4.78 is 0. The molecule has 0 atom stereocenters. The summed E-state index contributed by atoms with van der Waals surface area (Å²) in [7, 11) is 0. The van der Waals surface area contributed by atoms with Crippen molar-refractivity contribution in [3.63, 3.8) is 0 Å². The molecule has 0 aromatic heterocycles. The maximum absolute atomic E-state index is 12.0. The second-order valence-electron chi connectivity index (χ2n) is 6.22. The van der Waals surface area contributed by atoms with Crippen molar-refractivity contribution in [2.45, 2.75) is 47.0 Å². The fourth-order valence-corrected chi connectivity index (χ4v) is 2.84. The smallest absolute Gasteiger partial charge is 0.236 e. The van der Waals surface area contributed by atoms with Crippen molar-refractivity contribution in [3.05, 3.63) is 0 Å². The molecule has 1 aliphatic heterocycles.